The summed E-state index contributed by atoms with van der Waals surface area (Å²) in [5, 5.41) is 2.87. The van der Waals surface area contributed by atoms with Crippen LogP contribution in [0.15, 0.2) is 77.0 Å². The molecule has 1 saturated carbocycles. The number of carbonyl (C=O) groups is 1. The van der Waals surface area contributed by atoms with E-state index < -0.39 is 0 Å². The number of carbonyl (C=O) groups excluding carboxylic acids is 1. The molecule has 28 heavy (non-hydrogen) atoms. The van der Waals surface area contributed by atoms with Crippen LogP contribution >= 0.6 is 0 Å². The van der Waals surface area contributed by atoms with Crippen molar-refractivity contribution in [2.75, 3.05) is 5.32 Å². The fourth-order valence-corrected chi connectivity index (χ4v) is 4.05. The largest absolute Gasteiger partial charge is 0.326 e. The van der Waals surface area contributed by atoms with Gasteiger partial charge in [0.05, 0.1) is 0 Å². The van der Waals surface area contributed by atoms with E-state index in [2.05, 4.69) is 47.4 Å². The molecule has 1 aromatic rings. The van der Waals surface area contributed by atoms with Crippen LogP contribution in [-0.2, 0) is 4.79 Å². The number of halogens is 1. The SMILES string of the molecule is C=N/C=C\C(=C1\C=CC=CC1)C1CCC(CC(=O)Nc2ccc(F)cc2)CC1. The summed E-state index contributed by atoms with van der Waals surface area (Å²) >= 11 is 0. The summed E-state index contributed by atoms with van der Waals surface area (Å²) in [6.45, 7) is 3.55. The molecule has 0 radical (unpaired) electrons. The number of nitrogens with one attached hydrogen (secondary N) is 1. The first-order chi connectivity index (χ1) is 13.7. The molecule has 0 saturated heterocycles. The number of allylic oxidation sites excluding steroid dienone is 7. The molecule has 0 heterocycles. The molecule has 0 aliphatic heterocycles. The lowest BCUT2D eigenvalue weighted by atomic mass is 9.75. The molecule has 1 aromatic carbocycles. The molecule has 146 valence electrons. The molecule has 2 aliphatic rings. The second-order valence-electron chi connectivity index (χ2n) is 7.45. The van der Waals surface area contributed by atoms with Gasteiger partial charge < -0.3 is 5.32 Å². The van der Waals surface area contributed by atoms with Gasteiger partial charge in [-0.2, -0.15) is 0 Å². The van der Waals surface area contributed by atoms with Crippen molar-refractivity contribution >= 4 is 18.3 Å². The number of hydrogen-bond donors (Lipinski definition) is 1. The van der Waals surface area contributed by atoms with E-state index in [9.17, 15) is 9.18 Å². The maximum absolute atomic E-state index is 13.0. The normalized spacial score (nSPS) is 23.6. The molecule has 0 atom stereocenters. The summed E-state index contributed by atoms with van der Waals surface area (Å²) in [4.78, 5) is 16.2. The lowest BCUT2D eigenvalue weighted by Gasteiger charge is -2.30. The Hall–Kier alpha value is -2.75. The molecular weight excluding hydrogens is 351 g/mol. The number of nitrogens with zero attached hydrogens (tertiary/aromatic N) is 1. The zero-order valence-corrected chi connectivity index (χ0v) is 16.1. The number of anilines is 1. The first-order valence-electron chi connectivity index (χ1n) is 9.89. The van der Waals surface area contributed by atoms with Crippen molar-refractivity contribution in [3.05, 3.63) is 77.8 Å². The highest BCUT2D eigenvalue weighted by Gasteiger charge is 2.25. The van der Waals surface area contributed by atoms with Crippen LogP contribution in [0.3, 0.4) is 0 Å². The summed E-state index contributed by atoms with van der Waals surface area (Å²) in [6, 6.07) is 5.90. The van der Waals surface area contributed by atoms with Gasteiger partial charge in [-0.15, -0.1) is 0 Å². The minimum Gasteiger partial charge on any atom is -0.326 e. The Labute approximate surface area is 166 Å². The highest BCUT2D eigenvalue weighted by molar-refractivity contribution is 5.90. The van der Waals surface area contributed by atoms with Crippen molar-refractivity contribution in [2.45, 2.75) is 38.5 Å². The summed E-state index contributed by atoms with van der Waals surface area (Å²) in [7, 11) is 0. The van der Waals surface area contributed by atoms with Crippen molar-refractivity contribution in [3.8, 4) is 0 Å². The van der Waals surface area contributed by atoms with Crippen molar-refractivity contribution in [1.29, 1.82) is 0 Å². The quantitative estimate of drug-likeness (QED) is 0.607. The second kappa shape index (κ2) is 9.98. The minimum absolute atomic E-state index is 0.00439. The average molecular weight is 378 g/mol. The number of aliphatic imine (C=N–C) groups is 1. The van der Waals surface area contributed by atoms with Gasteiger partial charge in [-0.1, -0.05) is 24.3 Å². The van der Waals surface area contributed by atoms with E-state index in [1.54, 1.807) is 18.3 Å². The molecule has 1 N–H and O–H groups in total. The summed E-state index contributed by atoms with van der Waals surface area (Å²) in [5.41, 5.74) is 3.34. The van der Waals surface area contributed by atoms with E-state index in [1.807, 2.05) is 0 Å². The fourth-order valence-electron chi connectivity index (χ4n) is 4.05. The van der Waals surface area contributed by atoms with Crippen molar-refractivity contribution in [2.24, 2.45) is 16.8 Å². The molecule has 1 fully saturated rings. The number of amides is 1. The van der Waals surface area contributed by atoms with Gasteiger partial charge in [0.15, 0.2) is 0 Å². The first kappa shape index (κ1) is 20.0. The van der Waals surface area contributed by atoms with E-state index in [-0.39, 0.29) is 11.7 Å². The third kappa shape index (κ3) is 5.62. The maximum Gasteiger partial charge on any atom is 0.224 e. The van der Waals surface area contributed by atoms with Gasteiger partial charge in [-0.05, 0) is 92.1 Å². The zero-order valence-electron chi connectivity index (χ0n) is 16.1. The van der Waals surface area contributed by atoms with Gasteiger partial charge in [0.2, 0.25) is 5.91 Å². The van der Waals surface area contributed by atoms with Crippen molar-refractivity contribution in [3.63, 3.8) is 0 Å². The molecule has 3 nitrogen and oxygen atoms in total. The highest BCUT2D eigenvalue weighted by Crippen LogP contribution is 2.37. The Morgan fingerprint density at radius 1 is 1.18 bits per heavy atom. The standard InChI is InChI=1S/C24H27FN2O/c1-26-16-15-23(19-5-3-2-4-6-19)20-9-7-18(8-10-20)17-24(28)27-22-13-11-21(25)12-14-22/h2-5,11-16,18,20H,1,6-10,17H2,(H,27,28)/b16-15-,23-19+. The fraction of sp³-hybridized carbons (Fsp3) is 0.333. The molecule has 2 aliphatic carbocycles. The smallest absolute Gasteiger partial charge is 0.224 e. The Morgan fingerprint density at radius 2 is 1.93 bits per heavy atom. The third-order valence-electron chi connectivity index (χ3n) is 5.50. The highest BCUT2D eigenvalue weighted by atomic mass is 19.1. The van der Waals surface area contributed by atoms with Crippen LogP contribution in [0.4, 0.5) is 10.1 Å². The Balaban J connectivity index is 1.55. The van der Waals surface area contributed by atoms with Gasteiger partial charge in [0.25, 0.3) is 0 Å². The number of benzene rings is 1. The lowest BCUT2D eigenvalue weighted by molar-refractivity contribution is -0.117. The topological polar surface area (TPSA) is 41.5 Å². The summed E-state index contributed by atoms with van der Waals surface area (Å²) < 4.78 is 13.0. The maximum atomic E-state index is 13.0. The molecule has 0 bridgehead atoms. The molecule has 1 amide bonds. The van der Waals surface area contributed by atoms with E-state index in [0.29, 0.717) is 23.9 Å². The lowest BCUT2D eigenvalue weighted by Crippen LogP contribution is -2.22. The molecule has 3 rings (SSSR count). The molecule has 4 heteroatoms. The molecule has 0 aromatic heterocycles. The minimum atomic E-state index is -0.301. The molecule has 0 unspecified atom stereocenters. The van der Waals surface area contributed by atoms with Crippen LogP contribution in [0.5, 0.6) is 0 Å². The number of rotatable bonds is 6. The number of hydrogen-bond acceptors (Lipinski definition) is 2. The van der Waals surface area contributed by atoms with Gasteiger partial charge in [-0.3, -0.25) is 9.79 Å². The van der Waals surface area contributed by atoms with Crippen molar-refractivity contribution in [1.82, 2.24) is 0 Å². The van der Waals surface area contributed by atoms with E-state index in [0.717, 1.165) is 32.1 Å². The van der Waals surface area contributed by atoms with Crippen LogP contribution in [0.25, 0.3) is 0 Å². The summed E-state index contributed by atoms with van der Waals surface area (Å²) in [5.74, 6) is 0.599. The first-order valence-corrected chi connectivity index (χ1v) is 9.89. The predicted molar refractivity (Wildman–Crippen MR) is 114 cm³/mol. The zero-order chi connectivity index (χ0) is 19.8. The van der Waals surface area contributed by atoms with Crippen LogP contribution < -0.4 is 5.32 Å². The van der Waals surface area contributed by atoms with Gasteiger partial charge in [0.1, 0.15) is 5.82 Å². The third-order valence-corrected chi connectivity index (χ3v) is 5.50. The van der Waals surface area contributed by atoms with Crippen LogP contribution in [0.2, 0.25) is 0 Å². The molecular formula is C24H27FN2O. The van der Waals surface area contributed by atoms with Crippen LogP contribution in [0.1, 0.15) is 38.5 Å². The van der Waals surface area contributed by atoms with E-state index in [1.165, 1.54) is 23.3 Å². The Morgan fingerprint density at radius 3 is 2.57 bits per heavy atom. The van der Waals surface area contributed by atoms with Crippen LogP contribution in [-0.4, -0.2) is 12.6 Å². The monoisotopic (exact) mass is 378 g/mol. The second-order valence-corrected chi connectivity index (χ2v) is 7.45. The summed E-state index contributed by atoms with van der Waals surface area (Å²) in [6.07, 6.45) is 18.1. The van der Waals surface area contributed by atoms with Gasteiger partial charge in [-0.25, -0.2) is 4.39 Å². The predicted octanol–water partition coefficient (Wildman–Crippen LogP) is 5.99. The van der Waals surface area contributed by atoms with Crippen molar-refractivity contribution < 1.29 is 9.18 Å². The van der Waals surface area contributed by atoms with Gasteiger partial charge in [0, 0.05) is 18.3 Å². The van der Waals surface area contributed by atoms with E-state index >= 15 is 0 Å². The van der Waals surface area contributed by atoms with Crippen LogP contribution in [0, 0.1) is 17.7 Å². The average Bonchev–Trinajstić information content (AvgIpc) is 2.72. The van der Waals surface area contributed by atoms with E-state index in [4.69, 9.17) is 0 Å². The Bertz CT molecular complexity index is 810. The molecule has 0 spiro atoms. The van der Waals surface area contributed by atoms with Gasteiger partial charge >= 0.3 is 0 Å². The Kier molecular flexibility index (Phi) is 7.12.